The zero-order valence-electron chi connectivity index (χ0n) is 17.6. The van der Waals surface area contributed by atoms with Gasteiger partial charge in [0.05, 0.1) is 29.8 Å². The molecule has 3 aliphatic heterocycles. The molecule has 3 aromatic rings. The van der Waals surface area contributed by atoms with Gasteiger partial charge >= 0.3 is 0 Å². The van der Waals surface area contributed by atoms with E-state index in [4.69, 9.17) is 11.6 Å². The highest BCUT2D eigenvalue weighted by Gasteiger charge is 2.65. The maximum absolute atomic E-state index is 13.7. The number of hydrogen-bond acceptors (Lipinski definition) is 5. The molecule has 0 bridgehead atoms. The number of Topliss-reactive ketones (excluding diaryl/α,β-unsaturated/α-hetero) is 1. The van der Waals surface area contributed by atoms with Crippen LogP contribution in [0.25, 0.3) is 0 Å². The second-order valence-electron chi connectivity index (χ2n) is 8.55. The quantitative estimate of drug-likeness (QED) is 0.421. The number of hydrazone groups is 1. The van der Waals surface area contributed by atoms with Crippen molar-refractivity contribution in [3.63, 3.8) is 0 Å². The highest BCUT2D eigenvalue weighted by molar-refractivity contribution is 6.30. The molecule has 3 heterocycles. The van der Waals surface area contributed by atoms with Gasteiger partial charge in [-0.15, -0.1) is 0 Å². The fraction of sp³-hybridized carbons (Fsp3) is 0.154. The Labute approximate surface area is 199 Å². The van der Waals surface area contributed by atoms with Gasteiger partial charge in [-0.25, -0.2) is 9.29 Å². The van der Waals surface area contributed by atoms with Crippen LogP contribution in [0, 0.1) is 17.7 Å². The van der Waals surface area contributed by atoms with Gasteiger partial charge in [-0.1, -0.05) is 35.9 Å². The van der Waals surface area contributed by atoms with Crippen LogP contribution in [-0.2, 0) is 9.59 Å². The minimum absolute atomic E-state index is 0.280. The first-order chi connectivity index (χ1) is 16.5. The molecule has 34 heavy (non-hydrogen) atoms. The summed E-state index contributed by atoms with van der Waals surface area (Å²) in [5.41, 5.74) is 2.33. The van der Waals surface area contributed by atoms with E-state index in [1.807, 2.05) is 24.3 Å². The van der Waals surface area contributed by atoms with Gasteiger partial charge in [0, 0.05) is 10.6 Å². The number of ketones is 1. The van der Waals surface area contributed by atoms with Crippen LogP contribution in [0.2, 0.25) is 5.02 Å². The number of carbonyl (C=O) groups excluding carboxylic acids is 3. The molecule has 6 rings (SSSR count). The molecule has 6 nitrogen and oxygen atoms in total. The fourth-order valence-corrected chi connectivity index (χ4v) is 5.42. The Morgan fingerprint density at radius 2 is 1.56 bits per heavy atom. The molecular formula is C26H17ClFN3O3. The van der Waals surface area contributed by atoms with Crippen molar-refractivity contribution >= 4 is 41.1 Å². The van der Waals surface area contributed by atoms with Gasteiger partial charge in [-0.3, -0.25) is 19.4 Å². The minimum Gasteiger partial charge on any atom is -0.292 e. The van der Waals surface area contributed by atoms with E-state index >= 15 is 0 Å². The van der Waals surface area contributed by atoms with Crippen LogP contribution in [0.15, 0.2) is 77.9 Å². The Morgan fingerprint density at radius 1 is 0.882 bits per heavy atom. The SMILES string of the molecule is O=C(c1ccc(Cl)cc1)[C@H]1[C@H]2C(=O)N(c3ccc(F)cc3)C(=O)[C@@H]2[C@@H]2c3ccccc3C=NN12. The third kappa shape index (κ3) is 2.93. The molecule has 0 saturated carbocycles. The zero-order valence-corrected chi connectivity index (χ0v) is 18.4. The van der Waals surface area contributed by atoms with E-state index in [1.165, 1.54) is 24.3 Å². The Morgan fingerprint density at radius 3 is 2.29 bits per heavy atom. The highest BCUT2D eigenvalue weighted by Crippen LogP contribution is 2.53. The molecule has 3 aromatic carbocycles. The molecule has 0 unspecified atom stereocenters. The Hall–Kier alpha value is -3.84. The van der Waals surface area contributed by atoms with E-state index in [0.717, 1.165) is 16.0 Å². The van der Waals surface area contributed by atoms with Crippen LogP contribution in [0.5, 0.6) is 0 Å². The number of nitrogens with zero attached hydrogens (tertiary/aromatic N) is 3. The third-order valence-corrected chi connectivity index (χ3v) is 7.03. The molecule has 0 aromatic heterocycles. The summed E-state index contributed by atoms with van der Waals surface area (Å²) < 4.78 is 13.5. The maximum Gasteiger partial charge on any atom is 0.240 e. The molecule has 2 fully saturated rings. The Bertz CT molecular complexity index is 1370. The van der Waals surface area contributed by atoms with Crippen molar-refractivity contribution in [2.75, 3.05) is 4.90 Å². The lowest BCUT2D eigenvalue weighted by Crippen LogP contribution is -2.44. The molecule has 0 spiro atoms. The number of hydrogen-bond donors (Lipinski definition) is 0. The molecule has 168 valence electrons. The maximum atomic E-state index is 13.7. The minimum atomic E-state index is -0.970. The van der Waals surface area contributed by atoms with Gasteiger partial charge in [0.2, 0.25) is 11.8 Å². The second kappa shape index (κ2) is 7.60. The number of halogens is 2. The predicted octanol–water partition coefficient (Wildman–Crippen LogP) is 4.24. The molecule has 3 aliphatic rings. The van der Waals surface area contributed by atoms with E-state index in [9.17, 15) is 18.8 Å². The van der Waals surface area contributed by atoms with Crippen molar-refractivity contribution in [1.29, 1.82) is 0 Å². The summed E-state index contributed by atoms with van der Waals surface area (Å²) in [4.78, 5) is 42.2. The van der Waals surface area contributed by atoms with Crippen LogP contribution in [0.1, 0.15) is 27.5 Å². The lowest BCUT2D eigenvalue weighted by Gasteiger charge is -2.33. The largest absolute Gasteiger partial charge is 0.292 e. The van der Waals surface area contributed by atoms with E-state index in [0.29, 0.717) is 10.6 Å². The standard InChI is InChI=1S/C26H17ClFN3O3/c27-16-7-5-14(6-8-16)24(32)23-21-20(22-19-4-2-1-3-15(19)13-29-31(22)23)25(33)30(26(21)34)18-11-9-17(28)10-12-18/h1-13,20-23H/t20-,21-,22-,23+/m0/s1. The monoisotopic (exact) mass is 473 g/mol. The summed E-state index contributed by atoms with van der Waals surface area (Å²) in [6.07, 6.45) is 1.65. The van der Waals surface area contributed by atoms with Crippen molar-refractivity contribution in [2.24, 2.45) is 16.9 Å². The first kappa shape index (κ1) is 20.7. The molecule has 4 atom stereocenters. The number of amides is 2. The van der Waals surface area contributed by atoms with Gasteiger partial charge < -0.3 is 0 Å². The van der Waals surface area contributed by atoms with Crippen LogP contribution in [0.4, 0.5) is 10.1 Å². The topological polar surface area (TPSA) is 70.0 Å². The molecule has 2 saturated heterocycles. The summed E-state index contributed by atoms with van der Waals surface area (Å²) >= 11 is 6.00. The van der Waals surface area contributed by atoms with Crippen molar-refractivity contribution < 1.29 is 18.8 Å². The summed E-state index contributed by atoms with van der Waals surface area (Å²) in [6.45, 7) is 0. The van der Waals surface area contributed by atoms with Gasteiger partial charge in [-0.2, -0.15) is 5.10 Å². The first-order valence-corrected chi connectivity index (χ1v) is 11.2. The van der Waals surface area contributed by atoms with Crippen molar-refractivity contribution in [3.05, 3.63) is 100 Å². The number of imide groups is 1. The van der Waals surface area contributed by atoms with E-state index in [1.54, 1.807) is 35.5 Å². The average molecular weight is 474 g/mol. The average Bonchev–Trinajstić information content (AvgIpc) is 3.32. The van der Waals surface area contributed by atoms with Gasteiger partial charge in [0.15, 0.2) is 5.78 Å². The summed E-state index contributed by atoms with van der Waals surface area (Å²) in [5, 5.41) is 6.62. The number of benzene rings is 3. The van der Waals surface area contributed by atoms with Crippen molar-refractivity contribution in [3.8, 4) is 0 Å². The Balaban J connectivity index is 1.49. The third-order valence-electron chi connectivity index (χ3n) is 6.78. The lowest BCUT2D eigenvalue weighted by atomic mass is 9.83. The highest BCUT2D eigenvalue weighted by atomic mass is 35.5. The molecular weight excluding hydrogens is 457 g/mol. The van der Waals surface area contributed by atoms with Crippen LogP contribution >= 0.6 is 11.6 Å². The molecule has 0 N–H and O–H groups in total. The van der Waals surface area contributed by atoms with E-state index in [-0.39, 0.29) is 11.5 Å². The van der Waals surface area contributed by atoms with Gasteiger partial charge in [-0.05, 0) is 59.7 Å². The zero-order chi connectivity index (χ0) is 23.6. The normalized spacial score (nSPS) is 24.8. The van der Waals surface area contributed by atoms with E-state index in [2.05, 4.69) is 5.10 Å². The molecule has 0 aliphatic carbocycles. The number of rotatable bonds is 3. The molecule has 0 radical (unpaired) electrons. The number of anilines is 1. The molecule has 2 amide bonds. The van der Waals surface area contributed by atoms with Gasteiger partial charge in [0.1, 0.15) is 11.9 Å². The van der Waals surface area contributed by atoms with E-state index < -0.39 is 41.6 Å². The number of carbonyl (C=O) groups is 3. The lowest BCUT2D eigenvalue weighted by molar-refractivity contribution is -0.124. The number of fused-ring (bicyclic) bond motifs is 5. The van der Waals surface area contributed by atoms with Crippen LogP contribution in [-0.4, -0.2) is 34.9 Å². The first-order valence-electron chi connectivity index (χ1n) is 10.8. The fourth-order valence-electron chi connectivity index (χ4n) is 5.30. The summed E-state index contributed by atoms with van der Waals surface area (Å²) in [5.74, 6) is -3.44. The van der Waals surface area contributed by atoms with Crippen LogP contribution < -0.4 is 4.90 Å². The van der Waals surface area contributed by atoms with Gasteiger partial charge in [0.25, 0.3) is 0 Å². The second-order valence-corrected chi connectivity index (χ2v) is 8.99. The van der Waals surface area contributed by atoms with Crippen LogP contribution in [0.3, 0.4) is 0 Å². The smallest absolute Gasteiger partial charge is 0.240 e. The predicted molar refractivity (Wildman–Crippen MR) is 124 cm³/mol. The van der Waals surface area contributed by atoms with Crippen molar-refractivity contribution in [2.45, 2.75) is 12.1 Å². The Kier molecular flexibility index (Phi) is 4.64. The van der Waals surface area contributed by atoms with Crippen molar-refractivity contribution in [1.82, 2.24) is 5.01 Å². The summed E-state index contributed by atoms with van der Waals surface area (Å²) in [7, 11) is 0. The molecule has 8 heteroatoms. The summed E-state index contributed by atoms with van der Waals surface area (Å²) in [6, 6.07) is 17.6.